The number of hydrogen-bond acceptors (Lipinski definition) is 6. The molecule has 8 nitrogen and oxygen atoms in total. The number of carboxylic acids is 1. The molecule has 1 aliphatic heterocycles. The number of carbonyl (C=O) groups excluding carboxylic acids is 1. The predicted octanol–water partition coefficient (Wildman–Crippen LogP) is 1.14. The van der Waals surface area contributed by atoms with Crippen LogP contribution < -0.4 is 10.2 Å². The van der Waals surface area contributed by atoms with E-state index in [2.05, 4.69) is 55.7 Å². The van der Waals surface area contributed by atoms with Crippen LogP contribution in [0.2, 0.25) is 0 Å². The molecule has 1 saturated heterocycles. The van der Waals surface area contributed by atoms with Gasteiger partial charge in [0.2, 0.25) is 0 Å². The van der Waals surface area contributed by atoms with Crippen LogP contribution >= 0.6 is 45.2 Å². The number of ether oxygens (including phenoxy) is 2. The third-order valence-electron chi connectivity index (χ3n) is 3.23. The summed E-state index contributed by atoms with van der Waals surface area (Å²) in [6.07, 6.45) is 1.54. The lowest BCUT2D eigenvalue weighted by Crippen LogP contribution is -2.42. The first-order valence-corrected chi connectivity index (χ1v) is 9.57. The Bertz CT molecular complexity index is 640. The summed E-state index contributed by atoms with van der Waals surface area (Å²) in [5.74, 6) is -0.679. The SMILES string of the molecule is O=C(O)COc1c(I)cc(/C=N/NC(=O)CN2CCOCC2)cc1I. The van der Waals surface area contributed by atoms with E-state index in [4.69, 9.17) is 14.6 Å². The average Bonchev–Trinajstić information content (AvgIpc) is 2.54. The molecule has 0 radical (unpaired) electrons. The van der Waals surface area contributed by atoms with Gasteiger partial charge in [-0.3, -0.25) is 9.69 Å². The Balaban J connectivity index is 1.89. The van der Waals surface area contributed by atoms with Gasteiger partial charge in [0.15, 0.2) is 6.61 Å². The summed E-state index contributed by atoms with van der Waals surface area (Å²) in [7, 11) is 0. The highest BCUT2D eigenvalue weighted by Gasteiger charge is 2.13. The Morgan fingerprint density at radius 3 is 2.56 bits per heavy atom. The number of carboxylic acid groups (broad SMARTS) is 1. The molecule has 25 heavy (non-hydrogen) atoms. The van der Waals surface area contributed by atoms with Gasteiger partial charge in [0, 0.05) is 13.1 Å². The van der Waals surface area contributed by atoms with Crippen molar-refractivity contribution in [3.63, 3.8) is 0 Å². The largest absolute Gasteiger partial charge is 0.480 e. The molecule has 0 saturated carbocycles. The van der Waals surface area contributed by atoms with Crippen LogP contribution in [0.1, 0.15) is 5.56 Å². The number of hydrazone groups is 1. The molecule has 10 heteroatoms. The lowest BCUT2D eigenvalue weighted by atomic mass is 10.2. The van der Waals surface area contributed by atoms with E-state index >= 15 is 0 Å². The fourth-order valence-corrected chi connectivity index (χ4v) is 4.23. The molecule has 0 aromatic heterocycles. The molecule has 0 atom stereocenters. The molecule has 1 aromatic rings. The zero-order valence-corrected chi connectivity index (χ0v) is 17.5. The van der Waals surface area contributed by atoms with E-state index in [0.29, 0.717) is 19.0 Å². The number of benzene rings is 1. The molecule has 0 spiro atoms. The lowest BCUT2D eigenvalue weighted by Gasteiger charge is -2.25. The van der Waals surface area contributed by atoms with Crippen LogP contribution in [0.4, 0.5) is 0 Å². The normalized spacial score (nSPS) is 15.3. The van der Waals surface area contributed by atoms with E-state index in [9.17, 15) is 9.59 Å². The molecule has 0 unspecified atom stereocenters. The van der Waals surface area contributed by atoms with Gasteiger partial charge in [-0.05, 0) is 62.9 Å². The number of rotatable bonds is 7. The van der Waals surface area contributed by atoms with Gasteiger partial charge >= 0.3 is 5.97 Å². The van der Waals surface area contributed by atoms with Crippen molar-refractivity contribution in [2.75, 3.05) is 39.5 Å². The van der Waals surface area contributed by atoms with Crippen LogP contribution in [0.15, 0.2) is 17.2 Å². The van der Waals surface area contributed by atoms with Crippen LogP contribution in [0.3, 0.4) is 0 Å². The number of amides is 1. The summed E-state index contributed by atoms with van der Waals surface area (Å²) in [5, 5.41) is 12.7. The predicted molar refractivity (Wildman–Crippen MR) is 108 cm³/mol. The zero-order chi connectivity index (χ0) is 18.2. The number of nitrogens with zero attached hydrogens (tertiary/aromatic N) is 2. The molecule has 0 aliphatic carbocycles. The highest BCUT2D eigenvalue weighted by Crippen LogP contribution is 2.28. The Hall–Kier alpha value is -0.990. The molecule has 2 N–H and O–H groups in total. The highest BCUT2D eigenvalue weighted by molar-refractivity contribution is 14.1. The monoisotopic (exact) mass is 573 g/mol. The maximum atomic E-state index is 11.9. The first-order valence-electron chi connectivity index (χ1n) is 7.41. The highest BCUT2D eigenvalue weighted by atomic mass is 127. The number of morpholine rings is 1. The minimum atomic E-state index is -1.03. The Kier molecular flexibility index (Phi) is 8.32. The van der Waals surface area contributed by atoms with Crippen molar-refractivity contribution in [3.8, 4) is 5.75 Å². The minimum absolute atomic E-state index is 0.177. The molecule has 1 aliphatic rings. The molecule has 1 aromatic carbocycles. The van der Waals surface area contributed by atoms with Gasteiger partial charge in [0.05, 0.1) is 33.1 Å². The van der Waals surface area contributed by atoms with E-state index < -0.39 is 12.6 Å². The van der Waals surface area contributed by atoms with Gasteiger partial charge in [-0.2, -0.15) is 5.10 Å². The fraction of sp³-hybridized carbons (Fsp3) is 0.400. The molecular weight excluding hydrogens is 556 g/mol. The first kappa shape index (κ1) is 20.3. The summed E-state index contributed by atoms with van der Waals surface area (Å²) in [5.41, 5.74) is 3.29. The van der Waals surface area contributed by atoms with Gasteiger partial charge in [-0.15, -0.1) is 0 Å². The minimum Gasteiger partial charge on any atom is -0.480 e. The van der Waals surface area contributed by atoms with Crippen molar-refractivity contribution in [1.82, 2.24) is 10.3 Å². The lowest BCUT2D eigenvalue weighted by molar-refractivity contribution is -0.139. The molecular formula is C15H17I2N3O5. The van der Waals surface area contributed by atoms with Crippen molar-refractivity contribution in [2.24, 2.45) is 5.10 Å². The van der Waals surface area contributed by atoms with E-state index in [-0.39, 0.29) is 12.5 Å². The van der Waals surface area contributed by atoms with Crippen molar-refractivity contribution in [1.29, 1.82) is 0 Å². The van der Waals surface area contributed by atoms with Crippen molar-refractivity contribution in [3.05, 3.63) is 24.8 Å². The smallest absolute Gasteiger partial charge is 0.341 e. The Morgan fingerprint density at radius 1 is 1.32 bits per heavy atom. The zero-order valence-electron chi connectivity index (χ0n) is 13.2. The Morgan fingerprint density at radius 2 is 1.96 bits per heavy atom. The molecule has 1 amide bonds. The van der Waals surface area contributed by atoms with Gasteiger partial charge in [0.1, 0.15) is 5.75 Å². The van der Waals surface area contributed by atoms with Crippen molar-refractivity contribution in [2.45, 2.75) is 0 Å². The van der Waals surface area contributed by atoms with E-state index in [1.165, 1.54) is 0 Å². The standard InChI is InChI=1S/C15H17I2N3O5/c16-11-5-10(6-12(17)15(11)25-9-14(22)23)7-18-19-13(21)8-20-1-3-24-4-2-20/h5-7H,1-4,8-9H2,(H,19,21)(H,22,23)/b18-7+. The maximum Gasteiger partial charge on any atom is 0.341 e. The van der Waals surface area contributed by atoms with Gasteiger partial charge < -0.3 is 14.6 Å². The number of carbonyl (C=O) groups is 2. The molecule has 1 heterocycles. The van der Waals surface area contributed by atoms with Crippen LogP contribution in [-0.2, 0) is 14.3 Å². The second kappa shape index (κ2) is 10.2. The molecule has 1 fully saturated rings. The molecule has 0 bridgehead atoms. The summed E-state index contributed by atoms with van der Waals surface area (Å²) < 4.78 is 12.0. The van der Waals surface area contributed by atoms with Crippen LogP contribution in [0.25, 0.3) is 0 Å². The number of aliphatic carboxylic acids is 1. The fourth-order valence-electron chi connectivity index (χ4n) is 2.10. The van der Waals surface area contributed by atoms with E-state index in [0.717, 1.165) is 25.8 Å². The summed E-state index contributed by atoms with van der Waals surface area (Å²) >= 11 is 4.14. The summed E-state index contributed by atoms with van der Waals surface area (Å²) in [6, 6.07) is 3.61. The average molecular weight is 573 g/mol. The molecule has 2 rings (SSSR count). The second-order valence-corrected chi connectivity index (χ2v) is 7.50. The third kappa shape index (κ3) is 7.03. The number of hydrogen-bond donors (Lipinski definition) is 2. The third-order valence-corrected chi connectivity index (χ3v) is 4.84. The quantitative estimate of drug-likeness (QED) is 0.289. The summed E-state index contributed by atoms with van der Waals surface area (Å²) in [4.78, 5) is 24.5. The Labute approximate surface area is 172 Å². The van der Waals surface area contributed by atoms with Gasteiger partial charge in [-0.1, -0.05) is 0 Å². The van der Waals surface area contributed by atoms with Crippen LogP contribution in [0, 0.1) is 7.14 Å². The van der Waals surface area contributed by atoms with E-state index in [1.807, 2.05) is 4.90 Å². The van der Waals surface area contributed by atoms with E-state index in [1.54, 1.807) is 18.3 Å². The van der Waals surface area contributed by atoms with Crippen molar-refractivity contribution >= 4 is 63.3 Å². The van der Waals surface area contributed by atoms with Crippen LogP contribution in [0.5, 0.6) is 5.75 Å². The molecule has 136 valence electrons. The van der Waals surface area contributed by atoms with Crippen LogP contribution in [-0.4, -0.2) is 67.6 Å². The first-order chi connectivity index (χ1) is 12.0. The topological polar surface area (TPSA) is 100 Å². The summed E-state index contributed by atoms with van der Waals surface area (Å²) in [6.45, 7) is 2.67. The van der Waals surface area contributed by atoms with Crippen molar-refractivity contribution < 1.29 is 24.2 Å². The van der Waals surface area contributed by atoms with Gasteiger partial charge in [0.25, 0.3) is 5.91 Å². The number of nitrogens with one attached hydrogen (secondary N) is 1. The number of halogens is 2. The van der Waals surface area contributed by atoms with Gasteiger partial charge in [-0.25, -0.2) is 10.2 Å². The second-order valence-electron chi connectivity index (χ2n) is 5.18. The maximum absolute atomic E-state index is 11.9.